The average Bonchev–Trinajstić information content (AvgIpc) is 2.28. The Morgan fingerprint density at radius 1 is 1.33 bits per heavy atom. The van der Waals surface area contributed by atoms with Gasteiger partial charge in [0.05, 0.1) is 18.2 Å². The number of hydrogen-bond acceptors (Lipinski definition) is 3. The summed E-state index contributed by atoms with van der Waals surface area (Å²) in [5.41, 5.74) is -0.749. The van der Waals surface area contributed by atoms with Crippen molar-refractivity contribution in [3.63, 3.8) is 0 Å². The van der Waals surface area contributed by atoms with Crippen molar-refractivity contribution in [1.29, 1.82) is 0 Å². The maximum atomic E-state index is 12.4. The summed E-state index contributed by atoms with van der Waals surface area (Å²) < 4.78 is 42.1. The zero-order valence-electron chi connectivity index (χ0n) is 10.6. The SMILES string of the molecule is COCC(Nc1ccc(C(F)(F)F)cn1)C(C)C. The Kier molecular flexibility index (Phi) is 4.95. The second-order valence-electron chi connectivity index (χ2n) is 4.38. The minimum absolute atomic E-state index is 0.0132. The minimum atomic E-state index is -4.35. The molecule has 0 spiro atoms. The summed E-state index contributed by atoms with van der Waals surface area (Å²) in [5, 5.41) is 3.05. The van der Waals surface area contributed by atoms with Crippen molar-refractivity contribution in [3.8, 4) is 0 Å². The fourth-order valence-electron chi connectivity index (χ4n) is 1.42. The number of nitrogens with zero attached hydrogens (tertiary/aromatic N) is 1. The van der Waals surface area contributed by atoms with E-state index in [2.05, 4.69) is 10.3 Å². The van der Waals surface area contributed by atoms with Gasteiger partial charge in [0.15, 0.2) is 0 Å². The van der Waals surface area contributed by atoms with Crippen LogP contribution in [0.5, 0.6) is 0 Å². The molecule has 0 aliphatic carbocycles. The van der Waals surface area contributed by atoms with Gasteiger partial charge in [-0.3, -0.25) is 0 Å². The van der Waals surface area contributed by atoms with Crippen LogP contribution in [0.4, 0.5) is 19.0 Å². The standard InChI is InChI=1S/C12H17F3N2O/c1-8(2)10(7-18-3)17-11-5-4-9(6-16-11)12(13,14)15/h4-6,8,10H,7H2,1-3H3,(H,16,17). The molecule has 3 nitrogen and oxygen atoms in total. The van der Waals surface area contributed by atoms with E-state index in [0.29, 0.717) is 12.4 Å². The Morgan fingerprint density at radius 2 is 2.00 bits per heavy atom. The number of rotatable bonds is 5. The van der Waals surface area contributed by atoms with Crippen LogP contribution in [0.15, 0.2) is 18.3 Å². The monoisotopic (exact) mass is 262 g/mol. The van der Waals surface area contributed by atoms with Crippen LogP contribution in [0.3, 0.4) is 0 Å². The van der Waals surface area contributed by atoms with E-state index >= 15 is 0 Å². The lowest BCUT2D eigenvalue weighted by molar-refractivity contribution is -0.137. The molecule has 1 rings (SSSR count). The first-order valence-corrected chi connectivity index (χ1v) is 5.63. The predicted octanol–water partition coefficient (Wildman–Crippen LogP) is 3.18. The van der Waals surface area contributed by atoms with Crippen molar-refractivity contribution in [2.45, 2.75) is 26.1 Å². The van der Waals surface area contributed by atoms with Crippen LogP contribution in [0.25, 0.3) is 0 Å². The van der Waals surface area contributed by atoms with E-state index in [4.69, 9.17) is 4.74 Å². The molecule has 1 atom stereocenters. The zero-order valence-corrected chi connectivity index (χ0v) is 10.6. The minimum Gasteiger partial charge on any atom is -0.383 e. The molecule has 1 aromatic heterocycles. The van der Waals surface area contributed by atoms with Crippen LogP contribution in [0, 0.1) is 5.92 Å². The van der Waals surface area contributed by atoms with E-state index in [1.165, 1.54) is 6.07 Å². The van der Waals surface area contributed by atoms with E-state index in [0.717, 1.165) is 12.3 Å². The Balaban J connectivity index is 2.73. The number of anilines is 1. The Labute approximate surface area is 104 Å². The second-order valence-corrected chi connectivity index (χ2v) is 4.38. The number of pyridine rings is 1. The molecule has 0 radical (unpaired) electrons. The van der Waals surface area contributed by atoms with Gasteiger partial charge in [-0.2, -0.15) is 13.2 Å². The highest BCUT2D eigenvalue weighted by Crippen LogP contribution is 2.29. The Morgan fingerprint density at radius 3 is 2.39 bits per heavy atom. The molecule has 0 aliphatic rings. The largest absolute Gasteiger partial charge is 0.417 e. The van der Waals surface area contributed by atoms with Gasteiger partial charge in [0.25, 0.3) is 0 Å². The van der Waals surface area contributed by atoms with E-state index in [9.17, 15) is 13.2 Å². The van der Waals surface area contributed by atoms with Gasteiger partial charge < -0.3 is 10.1 Å². The summed E-state index contributed by atoms with van der Waals surface area (Å²) in [5.74, 6) is 0.702. The first-order chi connectivity index (χ1) is 8.34. The number of hydrogen-bond donors (Lipinski definition) is 1. The third-order valence-electron chi connectivity index (χ3n) is 2.58. The Bertz CT molecular complexity index is 363. The lowest BCUT2D eigenvalue weighted by atomic mass is 10.1. The normalized spacial score (nSPS) is 13.7. The van der Waals surface area contributed by atoms with Crippen molar-refractivity contribution in [3.05, 3.63) is 23.9 Å². The molecule has 1 heterocycles. The molecule has 0 saturated heterocycles. The van der Waals surface area contributed by atoms with E-state index < -0.39 is 11.7 Å². The quantitative estimate of drug-likeness (QED) is 0.885. The third kappa shape index (κ3) is 4.18. The van der Waals surface area contributed by atoms with Gasteiger partial charge in [0.2, 0.25) is 0 Å². The number of methoxy groups -OCH3 is 1. The van der Waals surface area contributed by atoms with Gasteiger partial charge >= 0.3 is 6.18 Å². The Hall–Kier alpha value is -1.30. The second kappa shape index (κ2) is 6.04. The molecule has 1 N–H and O–H groups in total. The van der Waals surface area contributed by atoms with Crippen LogP contribution in [-0.4, -0.2) is 24.7 Å². The lowest BCUT2D eigenvalue weighted by Gasteiger charge is -2.22. The van der Waals surface area contributed by atoms with Crippen LogP contribution in [0.2, 0.25) is 0 Å². The number of aromatic nitrogens is 1. The third-order valence-corrected chi connectivity index (χ3v) is 2.58. The summed E-state index contributed by atoms with van der Waals surface area (Å²) >= 11 is 0. The van der Waals surface area contributed by atoms with Gasteiger partial charge in [-0.25, -0.2) is 4.98 Å². The van der Waals surface area contributed by atoms with Crippen LogP contribution < -0.4 is 5.32 Å². The maximum Gasteiger partial charge on any atom is 0.417 e. The van der Waals surface area contributed by atoms with Gasteiger partial charge in [-0.05, 0) is 18.1 Å². The van der Waals surface area contributed by atoms with Crippen molar-refractivity contribution in [2.75, 3.05) is 19.0 Å². The predicted molar refractivity (Wildman–Crippen MR) is 63.4 cm³/mol. The smallest absolute Gasteiger partial charge is 0.383 e. The van der Waals surface area contributed by atoms with Crippen molar-refractivity contribution in [1.82, 2.24) is 4.98 Å². The van der Waals surface area contributed by atoms with Gasteiger partial charge in [0.1, 0.15) is 5.82 Å². The number of ether oxygens (including phenoxy) is 1. The highest BCUT2D eigenvalue weighted by molar-refractivity contribution is 5.37. The maximum absolute atomic E-state index is 12.4. The number of halogens is 3. The molecule has 6 heteroatoms. The molecule has 1 aromatic rings. The molecule has 1 unspecified atom stereocenters. The van der Waals surface area contributed by atoms with E-state index in [-0.39, 0.29) is 12.0 Å². The fraction of sp³-hybridized carbons (Fsp3) is 0.583. The van der Waals surface area contributed by atoms with Gasteiger partial charge in [-0.1, -0.05) is 13.8 Å². The van der Waals surface area contributed by atoms with Gasteiger partial charge in [-0.15, -0.1) is 0 Å². The molecule has 18 heavy (non-hydrogen) atoms. The fourth-order valence-corrected chi connectivity index (χ4v) is 1.42. The van der Waals surface area contributed by atoms with Crippen molar-refractivity contribution >= 4 is 5.82 Å². The highest BCUT2D eigenvalue weighted by Gasteiger charge is 2.30. The molecule has 0 aliphatic heterocycles. The summed E-state index contributed by atoms with van der Waals surface area (Å²) in [6.07, 6.45) is -3.53. The molecule has 0 fully saturated rings. The molecular weight excluding hydrogens is 245 g/mol. The van der Waals surface area contributed by atoms with E-state index in [1.54, 1.807) is 7.11 Å². The van der Waals surface area contributed by atoms with Crippen LogP contribution >= 0.6 is 0 Å². The topological polar surface area (TPSA) is 34.1 Å². The van der Waals surface area contributed by atoms with Crippen molar-refractivity contribution < 1.29 is 17.9 Å². The lowest BCUT2D eigenvalue weighted by Crippen LogP contribution is -2.30. The summed E-state index contributed by atoms with van der Waals surface area (Å²) in [7, 11) is 1.58. The molecule has 0 saturated carbocycles. The summed E-state index contributed by atoms with van der Waals surface area (Å²) in [6.45, 7) is 4.47. The molecule has 102 valence electrons. The molecule has 0 bridgehead atoms. The highest BCUT2D eigenvalue weighted by atomic mass is 19.4. The molecular formula is C12H17F3N2O. The van der Waals surface area contributed by atoms with Crippen LogP contribution in [0.1, 0.15) is 19.4 Å². The summed E-state index contributed by atoms with van der Waals surface area (Å²) in [6, 6.07) is 2.35. The first kappa shape index (κ1) is 14.8. The van der Waals surface area contributed by atoms with Gasteiger partial charge in [0, 0.05) is 13.3 Å². The summed E-state index contributed by atoms with van der Waals surface area (Å²) in [4.78, 5) is 3.76. The first-order valence-electron chi connectivity index (χ1n) is 5.63. The molecule has 0 aromatic carbocycles. The average molecular weight is 262 g/mol. The van der Waals surface area contributed by atoms with E-state index in [1.807, 2.05) is 13.8 Å². The van der Waals surface area contributed by atoms with Crippen molar-refractivity contribution in [2.24, 2.45) is 5.92 Å². The van der Waals surface area contributed by atoms with Crippen LogP contribution in [-0.2, 0) is 10.9 Å². The number of alkyl halides is 3. The molecule has 0 amide bonds. The zero-order chi connectivity index (χ0) is 13.8. The number of nitrogens with one attached hydrogen (secondary N) is 1.